The lowest BCUT2D eigenvalue weighted by atomic mass is 9.75. The van der Waals surface area contributed by atoms with Crippen LogP contribution in [0.1, 0.15) is 49.9 Å². The van der Waals surface area contributed by atoms with Gasteiger partial charge in [0.05, 0.1) is 44.1 Å². The Kier molecular flexibility index (Phi) is 17.8. The summed E-state index contributed by atoms with van der Waals surface area (Å²) in [6.45, 7) is 9.08. The zero-order valence-corrected chi connectivity index (χ0v) is 68.7. The second-order valence-corrected chi connectivity index (χ2v) is 33.9. The summed E-state index contributed by atoms with van der Waals surface area (Å²) >= 11 is 6.84. The molecule has 6 nitrogen and oxygen atoms in total. The summed E-state index contributed by atoms with van der Waals surface area (Å²) in [6, 6.07) is 149. The molecule has 0 amide bonds. The van der Waals surface area contributed by atoms with E-state index in [2.05, 4.69) is 428 Å². The van der Waals surface area contributed by atoms with Gasteiger partial charge in [0.15, 0.2) is 0 Å². The van der Waals surface area contributed by atoms with Gasteiger partial charge in [-0.15, -0.1) is 0 Å². The highest BCUT2D eigenvalue weighted by Crippen LogP contribution is 2.52. The van der Waals surface area contributed by atoms with E-state index in [1.165, 1.54) is 171 Å². The average Bonchev–Trinajstić information content (AvgIpc) is 1.58. The molecule has 0 bridgehead atoms. The molecule has 0 fully saturated rings. The molecule has 2 aliphatic rings. The summed E-state index contributed by atoms with van der Waals surface area (Å²) in [5.74, 6) is 0. The summed E-state index contributed by atoms with van der Waals surface area (Å²) in [5, 5.41) is 29.3. The first-order valence-corrected chi connectivity index (χ1v) is 42.3. The first-order valence-electron chi connectivity index (χ1n) is 41.9. The molecular formula is C114H82BClN4O2. The van der Waals surface area contributed by atoms with E-state index >= 15 is 0 Å². The van der Waals surface area contributed by atoms with Crippen LogP contribution in [0.15, 0.2) is 413 Å². The van der Waals surface area contributed by atoms with Crippen molar-refractivity contribution >= 4 is 111 Å². The van der Waals surface area contributed by atoms with E-state index in [4.69, 9.17) is 11.6 Å². The van der Waals surface area contributed by atoms with Gasteiger partial charge in [-0.1, -0.05) is 288 Å². The Balaban J connectivity index is 0.000000124. The molecular weight excluding hydrogens is 1500 g/mol. The normalized spacial score (nSPS) is 12.8. The summed E-state index contributed by atoms with van der Waals surface area (Å²) in [5.41, 5.74) is 36.7. The van der Waals surface area contributed by atoms with Crippen LogP contribution in [0.2, 0.25) is 5.02 Å². The maximum Gasteiger partial charge on any atom is 0.488 e. The van der Waals surface area contributed by atoms with Crippen molar-refractivity contribution in [3.63, 3.8) is 0 Å². The molecule has 4 aromatic heterocycles. The van der Waals surface area contributed by atoms with E-state index in [1.807, 2.05) is 24.3 Å². The molecule has 0 spiro atoms. The minimum Gasteiger partial charge on any atom is -0.423 e. The second kappa shape index (κ2) is 29.5. The van der Waals surface area contributed by atoms with E-state index in [9.17, 15) is 10.0 Å². The van der Waals surface area contributed by atoms with Crippen molar-refractivity contribution in [2.75, 3.05) is 0 Å². The summed E-state index contributed by atoms with van der Waals surface area (Å²) < 4.78 is 9.47. The van der Waals surface area contributed by atoms with Crippen molar-refractivity contribution in [2.45, 2.75) is 38.5 Å². The number of fused-ring (bicyclic) bond motifs is 18. The smallest absolute Gasteiger partial charge is 0.423 e. The van der Waals surface area contributed by atoms with Crippen LogP contribution in [-0.2, 0) is 10.8 Å². The zero-order chi connectivity index (χ0) is 82.1. The molecule has 22 aromatic rings. The summed E-state index contributed by atoms with van der Waals surface area (Å²) in [4.78, 5) is 0. The fourth-order valence-corrected chi connectivity index (χ4v) is 20.1. The molecule has 0 radical (unpaired) electrons. The van der Waals surface area contributed by atoms with Gasteiger partial charge in [-0.2, -0.15) is 0 Å². The first-order chi connectivity index (χ1) is 59.7. The Hall–Kier alpha value is -14.6. The third-order valence-electron chi connectivity index (χ3n) is 25.7. The molecule has 2 N–H and O–H groups in total. The molecule has 18 aromatic carbocycles. The molecule has 24 rings (SSSR count). The monoisotopic (exact) mass is 1580 g/mol. The Bertz CT molecular complexity index is 7580. The highest BCUT2D eigenvalue weighted by Gasteiger charge is 2.37. The fraction of sp³-hybridized carbons (Fsp3) is 0.0526. The SMILES string of the molecule is CC1(C)c2ccccc2-c2ccc(-c3cc(-c4ccc5c(c4)c4ccccc4n5-c4ccccc4)cc(-c4ccc5c(c4)c4ccccc4n5-c4ccccc4)c3)cc21.CC1(C)c2ccccc2-c2ccc(B(O)O)cc21.Clc1cc(-c2ccc3c(c2)c2ccccc2n3-c2ccccc2)cc(-c2ccc3c(c2)c2ccccc2n3-c2ccccc2)c1. The van der Waals surface area contributed by atoms with Crippen molar-refractivity contribution in [3.8, 4) is 101 Å². The molecule has 0 aliphatic heterocycles. The molecule has 0 atom stereocenters. The molecule has 580 valence electrons. The van der Waals surface area contributed by atoms with Gasteiger partial charge in [-0.05, 0) is 269 Å². The van der Waals surface area contributed by atoms with Gasteiger partial charge in [0, 0.05) is 81.7 Å². The van der Waals surface area contributed by atoms with Gasteiger partial charge < -0.3 is 28.3 Å². The van der Waals surface area contributed by atoms with Gasteiger partial charge in [0.2, 0.25) is 0 Å². The number of para-hydroxylation sites is 8. The maximum absolute atomic E-state index is 9.30. The largest absolute Gasteiger partial charge is 0.488 e. The Labute approximate surface area is 713 Å². The Morgan fingerprint density at radius 3 is 0.779 bits per heavy atom. The van der Waals surface area contributed by atoms with Crippen LogP contribution in [0.4, 0.5) is 0 Å². The summed E-state index contributed by atoms with van der Waals surface area (Å²) in [7, 11) is -1.41. The van der Waals surface area contributed by atoms with Crippen LogP contribution < -0.4 is 5.46 Å². The number of rotatable bonds is 10. The molecule has 0 saturated heterocycles. The van der Waals surface area contributed by atoms with E-state index < -0.39 is 7.12 Å². The predicted octanol–water partition coefficient (Wildman–Crippen LogP) is 28.7. The Morgan fingerprint density at radius 1 is 0.205 bits per heavy atom. The van der Waals surface area contributed by atoms with Crippen molar-refractivity contribution in [1.82, 2.24) is 18.3 Å². The van der Waals surface area contributed by atoms with E-state index in [-0.39, 0.29) is 10.8 Å². The molecule has 0 unspecified atom stereocenters. The second-order valence-electron chi connectivity index (χ2n) is 33.5. The van der Waals surface area contributed by atoms with Crippen LogP contribution in [0.5, 0.6) is 0 Å². The van der Waals surface area contributed by atoms with E-state index in [0.29, 0.717) is 5.46 Å². The lowest BCUT2D eigenvalue weighted by molar-refractivity contribution is 0.425. The third kappa shape index (κ3) is 12.3. The van der Waals surface area contributed by atoms with Crippen LogP contribution in [0.3, 0.4) is 0 Å². The number of nitrogens with zero attached hydrogens (tertiary/aromatic N) is 4. The average molecular weight is 1590 g/mol. The molecule has 0 saturated carbocycles. The molecule has 8 heteroatoms. The van der Waals surface area contributed by atoms with E-state index in [1.54, 1.807) is 6.07 Å². The van der Waals surface area contributed by atoms with Gasteiger partial charge >= 0.3 is 7.12 Å². The van der Waals surface area contributed by atoms with Crippen molar-refractivity contribution < 1.29 is 10.0 Å². The minimum absolute atomic E-state index is 0.0849. The molecule has 122 heavy (non-hydrogen) atoms. The predicted molar refractivity (Wildman–Crippen MR) is 514 cm³/mol. The highest BCUT2D eigenvalue weighted by atomic mass is 35.5. The maximum atomic E-state index is 9.30. The van der Waals surface area contributed by atoms with Crippen LogP contribution >= 0.6 is 11.6 Å². The lowest BCUT2D eigenvalue weighted by Crippen LogP contribution is -2.31. The van der Waals surface area contributed by atoms with Crippen LogP contribution in [0, 0.1) is 0 Å². The number of hydrogen-bond donors (Lipinski definition) is 2. The molecule has 2 aliphatic carbocycles. The standard InChI is InChI=1S/C57H40N2.C42H27ClN2.C15H15BO2/c1-57(2)51-22-12-9-19-45(51)46-28-25-39(36-52(46)57)42-32-40(37-26-29-55-49(34-37)47-20-10-13-23-53(47)58(55)43-15-5-3-6-16-43)31-41(33-42)38-27-30-56-50(35-38)48-21-11-14-24-54(48)59(56)44-17-7-4-8-18-44;43-32-24-30(28-19-21-41-37(26-28)35-15-7-9-17-39(35)44(41)33-11-3-1-4-12-33)23-31(25-32)29-20-22-42-38(27-29)36-16-8-10-18-40(36)45(42)34-13-5-2-6-14-34;1-15(2)13-6-4-3-5-11(13)12-8-7-10(16(17)18)9-14(12)15/h3-36H,1-2H3;1-27H;3-9,17-18H,1-2H3. The number of hydrogen-bond acceptors (Lipinski definition) is 2. The fourth-order valence-electron chi connectivity index (χ4n) is 19.8. The van der Waals surface area contributed by atoms with Crippen molar-refractivity contribution in [2.24, 2.45) is 0 Å². The van der Waals surface area contributed by atoms with Gasteiger partial charge in [0.25, 0.3) is 0 Å². The topological polar surface area (TPSA) is 60.2 Å². The first kappa shape index (κ1) is 73.8. The third-order valence-corrected chi connectivity index (χ3v) is 26.0. The summed E-state index contributed by atoms with van der Waals surface area (Å²) in [6.07, 6.45) is 0. The van der Waals surface area contributed by atoms with Gasteiger partial charge in [-0.3, -0.25) is 0 Å². The lowest BCUT2D eigenvalue weighted by Gasteiger charge is -2.22. The minimum atomic E-state index is -1.41. The number of halogens is 1. The van der Waals surface area contributed by atoms with Gasteiger partial charge in [0.1, 0.15) is 0 Å². The zero-order valence-electron chi connectivity index (χ0n) is 67.9. The van der Waals surface area contributed by atoms with Crippen LogP contribution in [0.25, 0.3) is 188 Å². The molecule has 4 heterocycles. The quantitative estimate of drug-likeness (QED) is 0.134. The number of benzene rings is 18. The van der Waals surface area contributed by atoms with E-state index in [0.717, 1.165) is 44.2 Å². The van der Waals surface area contributed by atoms with Crippen molar-refractivity contribution in [3.05, 3.63) is 440 Å². The Morgan fingerprint density at radius 2 is 0.451 bits per heavy atom. The highest BCUT2D eigenvalue weighted by molar-refractivity contribution is 6.58. The van der Waals surface area contributed by atoms with Crippen molar-refractivity contribution in [1.29, 1.82) is 0 Å². The van der Waals surface area contributed by atoms with Gasteiger partial charge in [-0.25, -0.2) is 0 Å². The number of aromatic nitrogens is 4. The van der Waals surface area contributed by atoms with Crippen LogP contribution in [-0.4, -0.2) is 35.4 Å².